The third-order valence-electron chi connectivity index (χ3n) is 3.12. The molecule has 0 radical (unpaired) electrons. The molecule has 3 aromatic rings. The van der Waals surface area contributed by atoms with Gasteiger partial charge in [0.2, 0.25) is 11.9 Å². The summed E-state index contributed by atoms with van der Waals surface area (Å²) in [4.78, 5) is 12.7. The molecule has 20 heavy (non-hydrogen) atoms. The second-order valence-electron chi connectivity index (χ2n) is 4.58. The van der Waals surface area contributed by atoms with Crippen LogP contribution in [0, 0.1) is 6.92 Å². The monoisotopic (exact) mass is 266 g/mol. The Hall–Kier alpha value is -2.69. The summed E-state index contributed by atoms with van der Waals surface area (Å²) in [6.07, 6.45) is 6.23. The largest absolute Gasteiger partial charge is 0.290 e. The molecule has 0 saturated heterocycles. The van der Waals surface area contributed by atoms with E-state index in [1.807, 2.05) is 31.2 Å². The lowest BCUT2D eigenvalue weighted by Gasteiger charge is -2.17. The smallest absolute Gasteiger partial charge is 0.209 e. The molecule has 3 rings (SSSR count). The summed E-state index contributed by atoms with van der Waals surface area (Å²) in [6.45, 7) is 1.99. The maximum Gasteiger partial charge on any atom is 0.209 e. The van der Waals surface area contributed by atoms with Gasteiger partial charge in [0, 0.05) is 30.4 Å². The van der Waals surface area contributed by atoms with Crippen LogP contribution in [0.2, 0.25) is 0 Å². The standard InChI is InChI=1S/C15H14N4O/c1-12-4-6-13(7-5-12)14(20)15(18-10-2-8-16-18)19-11-3-9-17-19/h2-11,15H,1H3. The Morgan fingerprint density at radius 2 is 1.55 bits per heavy atom. The Bertz CT molecular complexity index is 650. The first-order chi connectivity index (χ1) is 9.75. The van der Waals surface area contributed by atoms with E-state index in [1.165, 1.54) is 0 Å². The maximum absolute atomic E-state index is 12.7. The molecule has 0 amide bonds. The average molecular weight is 266 g/mol. The molecule has 5 heteroatoms. The summed E-state index contributed by atoms with van der Waals surface area (Å²) in [7, 11) is 0. The Labute approximate surface area is 116 Å². The number of ketones is 1. The molecule has 0 fully saturated rings. The van der Waals surface area contributed by atoms with Crippen molar-refractivity contribution in [2.75, 3.05) is 0 Å². The zero-order valence-corrected chi connectivity index (χ0v) is 11.0. The van der Waals surface area contributed by atoms with Crippen LogP contribution < -0.4 is 0 Å². The Kier molecular flexibility index (Phi) is 3.16. The fraction of sp³-hybridized carbons (Fsp3) is 0.133. The van der Waals surface area contributed by atoms with E-state index in [1.54, 1.807) is 46.3 Å². The van der Waals surface area contributed by atoms with Crippen LogP contribution in [-0.4, -0.2) is 25.3 Å². The number of aromatic nitrogens is 4. The highest BCUT2D eigenvalue weighted by molar-refractivity contribution is 5.98. The molecule has 2 aromatic heterocycles. The van der Waals surface area contributed by atoms with Crippen LogP contribution in [0.15, 0.2) is 61.2 Å². The van der Waals surface area contributed by atoms with E-state index in [-0.39, 0.29) is 5.78 Å². The van der Waals surface area contributed by atoms with Gasteiger partial charge in [0.05, 0.1) is 0 Å². The van der Waals surface area contributed by atoms with Gasteiger partial charge in [-0.05, 0) is 19.1 Å². The summed E-state index contributed by atoms with van der Waals surface area (Å²) < 4.78 is 3.21. The van der Waals surface area contributed by atoms with Crippen molar-refractivity contribution < 1.29 is 4.79 Å². The number of carbonyl (C=O) groups excluding carboxylic acids is 1. The third-order valence-corrected chi connectivity index (χ3v) is 3.12. The molecule has 0 atom stereocenters. The summed E-state index contributed by atoms with van der Waals surface area (Å²) in [5.74, 6) is -0.0441. The second-order valence-corrected chi connectivity index (χ2v) is 4.58. The minimum Gasteiger partial charge on any atom is -0.290 e. The number of nitrogens with zero attached hydrogens (tertiary/aromatic N) is 4. The zero-order valence-electron chi connectivity index (χ0n) is 11.0. The lowest BCUT2D eigenvalue weighted by Crippen LogP contribution is -2.27. The first kappa shape index (κ1) is 12.3. The highest BCUT2D eigenvalue weighted by atomic mass is 16.1. The molecule has 2 heterocycles. The van der Waals surface area contributed by atoms with Crippen LogP contribution in [0.1, 0.15) is 22.1 Å². The van der Waals surface area contributed by atoms with Crippen molar-refractivity contribution in [1.29, 1.82) is 0 Å². The minimum absolute atomic E-state index is 0.0441. The van der Waals surface area contributed by atoms with E-state index in [4.69, 9.17) is 0 Å². The van der Waals surface area contributed by atoms with Gasteiger partial charge in [-0.1, -0.05) is 29.8 Å². The SMILES string of the molecule is Cc1ccc(C(=O)C(n2cccn2)n2cccn2)cc1. The van der Waals surface area contributed by atoms with Crippen molar-refractivity contribution >= 4 is 5.78 Å². The van der Waals surface area contributed by atoms with Gasteiger partial charge in [-0.3, -0.25) is 4.79 Å². The summed E-state index contributed by atoms with van der Waals surface area (Å²) in [6, 6.07) is 11.1. The van der Waals surface area contributed by atoms with Gasteiger partial charge in [0.25, 0.3) is 0 Å². The summed E-state index contributed by atoms with van der Waals surface area (Å²) in [5.41, 5.74) is 1.77. The number of carbonyl (C=O) groups is 1. The number of benzene rings is 1. The van der Waals surface area contributed by atoms with Crippen molar-refractivity contribution in [1.82, 2.24) is 19.6 Å². The number of aryl methyl sites for hydroxylation is 1. The Balaban J connectivity index is 2.02. The van der Waals surface area contributed by atoms with Crippen molar-refractivity contribution in [3.63, 3.8) is 0 Å². The molecule has 0 saturated carbocycles. The molecular formula is C15H14N4O. The van der Waals surface area contributed by atoms with Crippen molar-refractivity contribution in [3.8, 4) is 0 Å². The van der Waals surface area contributed by atoms with E-state index in [9.17, 15) is 4.79 Å². The first-order valence-corrected chi connectivity index (χ1v) is 6.35. The topological polar surface area (TPSA) is 52.7 Å². The number of rotatable bonds is 4. The third kappa shape index (κ3) is 2.25. The Morgan fingerprint density at radius 1 is 1.00 bits per heavy atom. The van der Waals surface area contributed by atoms with Gasteiger partial charge in [0.1, 0.15) is 0 Å². The average Bonchev–Trinajstić information content (AvgIpc) is 3.13. The quantitative estimate of drug-likeness (QED) is 0.681. The first-order valence-electron chi connectivity index (χ1n) is 6.35. The minimum atomic E-state index is -0.595. The number of Topliss-reactive ketones (excluding diaryl/α,β-unsaturated/α-hetero) is 1. The molecule has 0 aliphatic rings. The molecule has 0 spiro atoms. The van der Waals surface area contributed by atoms with Crippen LogP contribution in [0.25, 0.3) is 0 Å². The van der Waals surface area contributed by atoms with Crippen LogP contribution >= 0.6 is 0 Å². The predicted octanol–water partition coefficient (Wildman–Crippen LogP) is 2.32. The molecule has 0 unspecified atom stereocenters. The molecule has 5 nitrogen and oxygen atoms in total. The van der Waals surface area contributed by atoms with Gasteiger partial charge in [-0.2, -0.15) is 10.2 Å². The highest BCUT2D eigenvalue weighted by Crippen LogP contribution is 2.16. The van der Waals surface area contributed by atoms with Crippen LogP contribution in [-0.2, 0) is 0 Å². The fourth-order valence-electron chi connectivity index (χ4n) is 2.08. The van der Waals surface area contributed by atoms with Gasteiger partial charge in [-0.25, -0.2) is 9.36 Å². The Morgan fingerprint density at radius 3 is 2.00 bits per heavy atom. The van der Waals surface area contributed by atoms with E-state index >= 15 is 0 Å². The zero-order chi connectivity index (χ0) is 13.9. The molecular weight excluding hydrogens is 252 g/mol. The lowest BCUT2D eigenvalue weighted by molar-refractivity contribution is 0.0886. The molecule has 0 aliphatic heterocycles. The molecule has 100 valence electrons. The second kappa shape index (κ2) is 5.13. The van der Waals surface area contributed by atoms with Crippen LogP contribution in [0.5, 0.6) is 0 Å². The molecule has 0 bridgehead atoms. The van der Waals surface area contributed by atoms with Gasteiger partial charge in [0.15, 0.2) is 0 Å². The molecule has 1 aromatic carbocycles. The van der Waals surface area contributed by atoms with Crippen molar-refractivity contribution in [2.24, 2.45) is 0 Å². The van der Waals surface area contributed by atoms with Crippen LogP contribution in [0.4, 0.5) is 0 Å². The molecule has 0 aliphatic carbocycles. The van der Waals surface area contributed by atoms with Crippen molar-refractivity contribution in [2.45, 2.75) is 13.1 Å². The van der Waals surface area contributed by atoms with E-state index in [2.05, 4.69) is 10.2 Å². The summed E-state index contributed by atoms with van der Waals surface area (Å²) >= 11 is 0. The predicted molar refractivity (Wildman–Crippen MR) is 74.4 cm³/mol. The summed E-state index contributed by atoms with van der Waals surface area (Å²) in [5, 5.41) is 8.34. The number of hydrogen-bond acceptors (Lipinski definition) is 3. The fourth-order valence-corrected chi connectivity index (χ4v) is 2.08. The van der Waals surface area contributed by atoms with Crippen LogP contribution in [0.3, 0.4) is 0 Å². The van der Waals surface area contributed by atoms with E-state index in [0.717, 1.165) is 5.56 Å². The molecule has 0 N–H and O–H groups in total. The van der Waals surface area contributed by atoms with Gasteiger partial charge >= 0.3 is 0 Å². The van der Waals surface area contributed by atoms with E-state index < -0.39 is 6.17 Å². The van der Waals surface area contributed by atoms with Gasteiger partial charge < -0.3 is 0 Å². The van der Waals surface area contributed by atoms with Gasteiger partial charge in [-0.15, -0.1) is 0 Å². The lowest BCUT2D eigenvalue weighted by atomic mass is 10.1. The normalized spacial score (nSPS) is 10.9. The van der Waals surface area contributed by atoms with E-state index in [0.29, 0.717) is 5.56 Å². The maximum atomic E-state index is 12.7. The van der Waals surface area contributed by atoms with Crippen molar-refractivity contribution in [3.05, 3.63) is 72.3 Å². The number of hydrogen-bond donors (Lipinski definition) is 0. The highest BCUT2D eigenvalue weighted by Gasteiger charge is 2.24.